The van der Waals surface area contributed by atoms with Gasteiger partial charge in [0.05, 0.1) is 29.4 Å². The van der Waals surface area contributed by atoms with E-state index in [2.05, 4.69) is 39.6 Å². The van der Waals surface area contributed by atoms with Crippen molar-refractivity contribution >= 4 is 58.0 Å². The van der Waals surface area contributed by atoms with Gasteiger partial charge in [0.25, 0.3) is 5.91 Å². The van der Waals surface area contributed by atoms with E-state index in [1.165, 1.54) is 11.0 Å². The number of rotatable bonds is 11. The number of nitriles is 1. The molecule has 12 nitrogen and oxygen atoms in total. The molecule has 0 radical (unpaired) electrons. The van der Waals surface area contributed by atoms with Crippen molar-refractivity contribution in [3.05, 3.63) is 53.6 Å². The molecule has 3 atom stereocenters. The quantitative estimate of drug-likeness (QED) is 0.186. The second kappa shape index (κ2) is 17.1. The second-order valence-electron chi connectivity index (χ2n) is 16.4. The first-order valence-corrected chi connectivity index (χ1v) is 20.1. The van der Waals surface area contributed by atoms with Crippen molar-refractivity contribution in [3.8, 4) is 6.07 Å². The molecule has 4 aliphatic rings. The maximum Gasteiger partial charge on any atom is 0.417 e. The van der Waals surface area contributed by atoms with Crippen molar-refractivity contribution in [2.75, 3.05) is 41.7 Å². The number of carbonyl (C=O) groups is 4. The van der Waals surface area contributed by atoms with Gasteiger partial charge in [-0.1, -0.05) is 6.07 Å². The van der Waals surface area contributed by atoms with Crippen molar-refractivity contribution in [3.63, 3.8) is 0 Å². The summed E-state index contributed by atoms with van der Waals surface area (Å²) in [5.41, 5.74) is -1.31. The number of benzene rings is 2. The van der Waals surface area contributed by atoms with Gasteiger partial charge in [0.15, 0.2) is 5.11 Å². The standard InChI is InChI=1S/C41H51F3N8O4S/c1-25-22-49(23-26(2)50(25)24-36(54)47-30-9-5-8-29(19-30)46-34-16-17-35(53)48-37(34)55)18-6-7-27-10-13-31(14-11-27)52-39(57)51(38(56)40(52,3)4)32-15-12-28(21-45)33(20-32)41(42,43)44/h5,8-9,12,15,19-20,25-27,31,34,46H,6-7,10-11,13-14,16-18,22-24H2,1-4H3,(H,47,54)(H,48,53,55)/t25-,26+,27?,31?,34-/m1/s1. The predicted molar refractivity (Wildman–Crippen MR) is 214 cm³/mol. The lowest BCUT2D eigenvalue weighted by molar-refractivity contribution is -0.138. The van der Waals surface area contributed by atoms with Gasteiger partial charge in [-0.25, -0.2) is 0 Å². The number of hydrogen-bond acceptors (Lipinski definition) is 9. The molecule has 1 aliphatic carbocycles. The lowest BCUT2D eigenvalue weighted by Gasteiger charge is -2.44. The fourth-order valence-electron chi connectivity index (χ4n) is 9.00. The van der Waals surface area contributed by atoms with Gasteiger partial charge in [-0.3, -0.25) is 34.3 Å². The van der Waals surface area contributed by atoms with Gasteiger partial charge in [0, 0.05) is 49.0 Å². The first-order valence-electron chi connectivity index (χ1n) is 19.7. The molecule has 0 bridgehead atoms. The van der Waals surface area contributed by atoms with Crippen LogP contribution in [0.2, 0.25) is 0 Å². The Morgan fingerprint density at radius 2 is 1.68 bits per heavy atom. The molecule has 3 heterocycles. The largest absolute Gasteiger partial charge is 0.417 e. The number of alkyl halides is 3. The Morgan fingerprint density at radius 3 is 2.33 bits per heavy atom. The minimum Gasteiger partial charge on any atom is -0.374 e. The molecule has 4 fully saturated rings. The summed E-state index contributed by atoms with van der Waals surface area (Å²) < 4.78 is 41.2. The molecular formula is C41H51F3N8O4S. The van der Waals surface area contributed by atoms with Crippen LogP contribution < -0.4 is 20.9 Å². The number of piperazine rings is 1. The first-order chi connectivity index (χ1) is 27.0. The molecular weight excluding hydrogens is 758 g/mol. The van der Waals surface area contributed by atoms with Crippen LogP contribution in [-0.2, 0) is 25.4 Å². The fourth-order valence-corrected chi connectivity index (χ4v) is 9.56. The minimum atomic E-state index is -4.75. The fraction of sp³-hybridized carbons (Fsp3) is 0.561. The lowest BCUT2D eigenvalue weighted by atomic mass is 9.82. The summed E-state index contributed by atoms with van der Waals surface area (Å²) in [7, 11) is 0. The van der Waals surface area contributed by atoms with Gasteiger partial charge in [-0.2, -0.15) is 18.4 Å². The van der Waals surface area contributed by atoms with Crippen LogP contribution in [0.1, 0.15) is 90.2 Å². The SMILES string of the molecule is C[C@@H]1CN(CCCC2CCC(N3C(=S)N(c4ccc(C#N)c(C(F)(F)F)c4)C(=O)C3(C)C)CC2)C[C@H](C)N1CC(=O)Nc1cccc(N[C@@H]2CCC(=O)NC2=O)c1. The van der Waals surface area contributed by atoms with E-state index in [1.807, 2.05) is 11.0 Å². The molecule has 3 saturated heterocycles. The summed E-state index contributed by atoms with van der Waals surface area (Å²) in [4.78, 5) is 58.2. The van der Waals surface area contributed by atoms with Crippen molar-refractivity contribution in [2.24, 2.45) is 5.92 Å². The van der Waals surface area contributed by atoms with Gasteiger partial charge in [0.1, 0.15) is 11.6 Å². The van der Waals surface area contributed by atoms with E-state index in [0.717, 1.165) is 70.3 Å². The van der Waals surface area contributed by atoms with Crippen LogP contribution in [0.3, 0.4) is 0 Å². The summed E-state index contributed by atoms with van der Waals surface area (Å²) in [6.07, 6.45) is 1.63. The highest BCUT2D eigenvalue weighted by atomic mass is 32.1. The van der Waals surface area contributed by atoms with Gasteiger partial charge in [-0.05, 0) is 134 Å². The van der Waals surface area contributed by atoms with Crippen LogP contribution in [0.4, 0.5) is 30.2 Å². The Labute approximate surface area is 337 Å². The van der Waals surface area contributed by atoms with Crippen LogP contribution in [0.15, 0.2) is 42.5 Å². The predicted octanol–water partition coefficient (Wildman–Crippen LogP) is 5.88. The zero-order valence-corrected chi connectivity index (χ0v) is 33.6. The van der Waals surface area contributed by atoms with Gasteiger partial charge in [0.2, 0.25) is 17.7 Å². The molecule has 0 aromatic heterocycles. The molecule has 16 heteroatoms. The highest BCUT2D eigenvalue weighted by molar-refractivity contribution is 7.80. The highest BCUT2D eigenvalue weighted by Crippen LogP contribution is 2.41. The van der Waals surface area contributed by atoms with E-state index in [-0.39, 0.29) is 65.5 Å². The minimum absolute atomic E-state index is 0.0106. The van der Waals surface area contributed by atoms with Gasteiger partial charge >= 0.3 is 6.18 Å². The second-order valence-corrected chi connectivity index (χ2v) is 16.8. The molecule has 1 saturated carbocycles. The number of thiocarbonyl (C=S) groups is 1. The normalized spacial score (nSPS) is 26.0. The van der Waals surface area contributed by atoms with Crippen LogP contribution in [0.25, 0.3) is 0 Å². The Bertz CT molecular complexity index is 1920. The van der Waals surface area contributed by atoms with E-state index < -0.39 is 28.9 Å². The molecule has 2 aromatic carbocycles. The zero-order chi connectivity index (χ0) is 41.2. The van der Waals surface area contributed by atoms with Crippen molar-refractivity contribution < 1.29 is 32.3 Å². The molecule has 0 spiro atoms. The van der Waals surface area contributed by atoms with Crippen LogP contribution in [0.5, 0.6) is 0 Å². The number of nitrogens with zero attached hydrogens (tertiary/aromatic N) is 5. The molecule has 0 unspecified atom stereocenters. The molecule has 2 aromatic rings. The Morgan fingerprint density at radius 1 is 1.00 bits per heavy atom. The third-order valence-corrected chi connectivity index (χ3v) is 12.3. The Kier molecular flexibility index (Phi) is 12.6. The lowest BCUT2D eigenvalue weighted by Crippen LogP contribution is -2.58. The van der Waals surface area contributed by atoms with Crippen molar-refractivity contribution in [1.82, 2.24) is 20.0 Å². The molecule has 3 aliphatic heterocycles. The van der Waals surface area contributed by atoms with E-state index in [9.17, 15) is 37.6 Å². The Hall–Kier alpha value is -4.59. The van der Waals surface area contributed by atoms with Crippen molar-refractivity contribution in [1.29, 1.82) is 5.26 Å². The average Bonchev–Trinajstić information content (AvgIpc) is 3.32. The number of hydrogen-bond donors (Lipinski definition) is 3. The van der Waals surface area contributed by atoms with Crippen LogP contribution in [-0.4, -0.2) is 99.3 Å². The molecule has 6 rings (SSSR count). The number of carbonyl (C=O) groups excluding carboxylic acids is 4. The highest BCUT2D eigenvalue weighted by Gasteiger charge is 2.52. The first kappa shape index (κ1) is 42.0. The third kappa shape index (κ3) is 9.42. The van der Waals surface area contributed by atoms with Crippen LogP contribution in [0, 0.1) is 17.2 Å². The summed E-state index contributed by atoms with van der Waals surface area (Å²) in [5.74, 6) is -0.603. The maximum atomic E-state index is 13.7. The third-order valence-electron chi connectivity index (χ3n) is 11.9. The number of piperidine rings is 1. The average molecular weight is 809 g/mol. The molecule has 3 N–H and O–H groups in total. The van der Waals surface area contributed by atoms with Gasteiger partial charge in [-0.15, -0.1) is 0 Å². The molecule has 306 valence electrons. The van der Waals surface area contributed by atoms with E-state index >= 15 is 0 Å². The number of anilines is 3. The Balaban J connectivity index is 0.943. The van der Waals surface area contributed by atoms with E-state index in [1.54, 1.807) is 38.1 Å². The molecule has 4 amide bonds. The summed E-state index contributed by atoms with van der Waals surface area (Å²) in [5, 5.41) is 17.9. The summed E-state index contributed by atoms with van der Waals surface area (Å²) >= 11 is 5.77. The molecule has 57 heavy (non-hydrogen) atoms. The van der Waals surface area contributed by atoms with Gasteiger partial charge < -0.3 is 20.4 Å². The van der Waals surface area contributed by atoms with E-state index in [0.29, 0.717) is 23.7 Å². The number of amides is 4. The summed E-state index contributed by atoms with van der Waals surface area (Å²) in [6, 6.07) is 11.9. The monoisotopic (exact) mass is 808 g/mol. The van der Waals surface area contributed by atoms with Crippen LogP contribution >= 0.6 is 12.2 Å². The summed E-state index contributed by atoms with van der Waals surface area (Å²) in [6.45, 7) is 10.7. The smallest absolute Gasteiger partial charge is 0.374 e. The number of halogens is 3. The number of imide groups is 1. The van der Waals surface area contributed by atoms with E-state index in [4.69, 9.17) is 12.2 Å². The number of nitrogens with one attached hydrogen (secondary N) is 3. The van der Waals surface area contributed by atoms with Crippen molar-refractivity contribution in [2.45, 2.75) is 115 Å². The topological polar surface area (TPSA) is 141 Å². The zero-order valence-electron chi connectivity index (χ0n) is 32.8. The maximum absolute atomic E-state index is 13.7.